The Morgan fingerprint density at radius 2 is 1.84 bits per heavy atom. The highest BCUT2D eigenvalue weighted by Crippen LogP contribution is 2.15. The molecule has 11 heteroatoms. The zero-order valence-electron chi connectivity index (χ0n) is 18.0. The van der Waals surface area contributed by atoms with E-state index >= 15 is 0 Å². The van der Waals surface area contributed by atoms with E-state index in [1.807, 2.05) is 6.07 Å². The summed E-state index contributed by atoms with van der Waals surface area (Å²) in [4.78, 5) is 39.1. The summed E-state index contributed by atoms with van der Waals surface area (Å²) in [7, 11) is 0. The SMILES string of the molecule is CCOC(=O)[C@@H](N=[N+]=[N-])[C@@H](O)[C@H](CC(=O)OC(C)(C)C)NC(=O)OCc1ccccc1. The van der Waals surface area contributed by atoms with Crippen molar-refractivity contribution in [3.05, 3.63) is 46.3 Å². The Hall–Kier alpha value is -3.30. The topological polar surface area (TPSA) is 160 Å². The van der Waals surface area contributed by atoms with E-state index in [4.69, 9.17) is 19.7 Å². The molecule has 0 heterocycles. The lowest BCUT2D eigenvalue weighted by Crippen LogP contribution is -2.52. The smallest absolute Gasteiger partial charge is 0.407 e. The summed E-state index contributed by atoms with van der Waals surface area (Å²) < 4.78 is 15.1. The van der Waals surface area contributed by atoms with E-state index in [1.165, 1.54) is 6.92 Å². The number of ether oxygens (including phenoxy) is 3. The molecular formula is C20H28N4O7. The number of alkyl carbamates (subject to hydrolysis) is 1. The monoisotopic (exact) mass is 436 g/mol. The average Bonchev–Trinajstić information content (AvgIpc) is 2.69. The molecule has 0 aliphatic heterocycles. The van der Waals surface area contributed by atoms with Gasteiger partial charge in [0.25, 0.3) is 0 Å². The van der Waals surface area contributed by atoms with Crippen LogP contribution in [-0.4, -0.2) is 53.5 Å². The molecule has 0 spiro atoms. The van der Waals surface area contributed by atoms with Crippen LogP contribution in [0.25, 0.3) is 10.4 Å². The third kappa shape index (κ3) is 9.83. The van der Waals surface area contributed by atoms with E-state index in [9.17, 15) is 19.5 Å². The molecule has 0 unspecified atom stereocenters. The Morgan fingerprint density at radius 3 is 2.39 bits per heavy atom. The van der Waals surface area contributed by atoms with Gasteiger partial charge in [-0.25, -0.2) is 4.79 Å². The van der Waals surface area contributed by atoms with Crippen LogP contribution in [0.2, 0.25) is 0 Å². The molecule has 0 aliphatic rings. The van der Waals surface area contributed by atoms with Gasteiger partial charge in [0.05, 0.1) is 25.2 Å². The number of esters is 2. The number of carbonyl (C=O) groups excluding carboxylic acids is 3. The second-order valence-electron chi connectivity index (χ2n) is 7.50. The molecule has 0 saturated heterocycles. The molecule has 31 heavy (non-hydrogen) atoms. The Bertz CT molecular complexity index is 788. The fraction of sp³-hybridized carbons (Fsp3) is 0.550. The first-order valence-electron chi connectivity index (χ1n) is 9.65. The minimum atomic E-state index is -1.77. The Balaban J connectivity index is 2.97. The van der Waals surface area contributed by atoms with Gasteiger partial charge >= 0.3 is 18.0 Å². The van der Waals surface area contributed by atoms with Crippen LogP contribution in [0.4, 0.5) is 4.79 Å². The molecule has 1 amide bonds. The summed E-state index contributed by atoms with van der Waals surface area (Å²) >= 11 is 0. The number of amides is 1. The van der Waals surface area contributed by atoms with Crippen molar-refractivity contribution in [2.24, 2.45) is 5.11 Å². The maximum absolute atomic E-state index is 12.3. The average molecular weight is 436 g/mol. The lowest BCUT2D eigenvalue weighted by Gasteiger charge is -2.27. The van der Waals surface area contributed by atoms with Crippen molar-refractivity contribution in [3.8, 4) is 0 Å². The van der Waals surface area contributed by atoms with Crippen molar-refractivity contribution in [2.75, 3.05) is 6.61 Å². The molecule has 11 nitrogen and oxygen atoms in total. The van der Waals surface area contributed by atoms with E-state index in [1.54, 1.807) is 45.0 Å². The lowest BCUT2D eigenvalue weighted by molar-refractivity contribution is -0.157. The zero-order chi connectivity index (χ0) is 23.4. The van der Waals surface area contributed by atoms with Crippen LogP contribution in [0.5, 0.6) is 0 Å². The first-order chi connectivity index (χ1) is 14.6. The first kappa shape index (κ1) is 25.7. The minimum Gasteiger partial charge on any atom is -0.466 e. The molecule has 0 aliphatic carbocycles. The summed E-state index contributed by atoms with van der Waals surface area (Å²) in [5.41, 5.74) is 8.66. The highest BCUT2D eigenvalue weighted by atomic mass is 16.6. The number of nitrogens with one attached hydrogen (secondary N) is 1. The van der Waals surface area contributed by atoms with Crippen molar-refractivity contribution in [1.82, 2.24) is 5.32 Å². The number of nitrogens with zero attached hydrogens (tertiary/aromatic N) is 3. The van der Waals surface area contributed by atoms with Gasteiger partial charge in [-0.05, 0) is 38.8 Å². The summed E-state index contributed by atoms with van der Waals surface area (Å²) in [6.07, 6.45) is -3.22. The largest absolute Gasteiger partial charge is 0.466 e. The van der Waals surface area contributed by atoms with Crippen molar-refractivity contribution in [2.45, 2.75) is 64.5 Å². The van der Waals surface area contributed by atoms with E-state index in [0.717, 1.165) is 5.56 Å². The fourth-order valence-corrected chi connectivity index (χ4v) is 2.49. The van der Waals surface area contributed by atoms with Gasteiger partial charge in [-0.1, -0.05) is 35.4 Å². The van der Waals surface area contributed by atoms with Crippen LogP contribution >= 0.6 is 0 Å². The van der Waals surface area contributed by atoms with Gasteiger partial charge in [0, 0.05) is 4.91 Å². The summed E-state index contributed by atoms with van der Waals surface area (Å²) in [5.74, 6) is -1.75. The molecule has 2 N–H and O–H groups in total. The van der Waals surface area contributed by atoms with Crippen LogP contribution in [0.15, 0.2) is 35.4 Å². The lowest BCUT2D eigenvalue weighted by atomic mass is 10.0. The van der Waals surface area contributed by atoms with E-state index in [2.05, 4.69) is 15.3 Å². The molecule has 0 fully saturated rings. The van der Waals surface area contributed by atoms with Crippen LogP contribution in [-0.2, 0) is 30.4 Å². The number of rotatable bonds is 10. The van der Waals surface area contributed by atoms with Crippen molar-refractivity contribution in [1.29, 1.82) is 0 Å². The third-order valence-electron chi connectivity index (χ3n) is 3.76. The van der Waals surface area contributed by atoms with E-state index in [0.29, 0.717) is 0 Å². The summed E-state index contributed by atoms with van der Waals surface area (Å²) in [6, 6.07) is 5.81. The Morgan fingerprint density at radius 1 is 1.19 bits per heavy atom. The second kappa shape index (κ2) is 12.4. The first-order valence-corrected chi connectivity index (χ1v) is 9.65. The van der Waals surface area contributed by atoms with Gasteiger partial charge in [0.2, 0.25) is 0 Å². The predicted octanol–water partition coefficient (Wildman–Crippen LogP) is 2.62. The quantitative estimate of drug-likeness (QED) is 0.187. The number of aliphatic hydroxyl groups is 1. The highest BCUT2D eigenvalue weighted by molar-refractivity contribution is 5.78. The normalized spacial score (nSPS) is 13.7. The highest BCUT2D eigenvalue weighted by Gasteiger charge is 2.36. The minimum absolute atomic E-state index is 0.0215. The maximum atomic E-state index is 12.3. The standard InChI is InChI=1S/C20H28N4O7/c1-5-29-18(27)16(23-24-21)17(26)14(11-15(25)31-20(2,3)4)22-19(28)30-12-13-9-7-6-8-10-13/h6-10,14,16-17,26H,5,11-12H2,1-4H3,(H,22,28)/t14-,16-,17-/m0/s1. The van der Waals surface area contributed by atoms with Gasteiger partial charge in [0.15, 0.2) is 6.04 Å². The van der Waals surface area contributed by atoms with Crippen LogP contribution in [0.1, 0.15) is 39.7 Å². The van der Waals surface area contributed by atoms with Crippen LogP contribution in [0, 0.1) is 0 Å². The number of benzene rings is 1. The number of aliphatic hydroxyl groups excluding tert-OH is 1. The molecule has 1 aromatic carbocycles. The molecular weight excluding hydrogens is 408 g/mol. The van der Waals surface area contributed by atoms with Crippen molar-refractivity contribution in [3.63, 3.8) is 0 Å². The zero-order valence-corrected chi connectivity index (χ0v) is 18.0. The molecule has 0 radical (unpaired) electrons. The number of azide groups is 1. The number of hydrogen-bond acceptors (Lipinski definition) is 8. The van der Waals surface area contributed by atoms with Crippen LogP contribution in [0.3, 0.4) is 0 Å². The van der Waals surface area contributed by atoms with Gasteiger partial charge < -0.3 is 24.6 Å². The summed E-state index contributed by atoms with van der Waals surface area (Å²) in [6.45, 7) is 6.42. The maximum Gasteiger partial charge on any atom is 0.407 e. The Labute approximate surface area is 180 Å². The predicted molar refractivity (Wildman–Crippen MR) is 110 cm³/mol. The number of hydrogen-bond donors (Lipinski definition) is 2. The molecule has 0 bridgehead atoms. The third-order valence-corrected chi connectivity index (χ3v) is 3.76. The molecule has 170 valence electrons. The van der Waals surface area contributed by atoms with Gasteiger partial charge in [-0.3, -0.25) is 9.59 Å². The van der Waals surface area contributed by atoms with Gasteiger partial charge in [-0.15, -0.1) is 0 Å². The summed E-state index contributed by atoms with van der Waals surface area (Å²) in [5, 5.41) is 16.2. The van der Waals surface area contributed by atoms with E-state index in [-0.39, 0.29) is 13.2 Å². The molecule has 3 atom stereocenters. The molecule has 1 aromatic rings. The van der Waals surface area contributed by atoms with Crippen molar-refractivity contribution < 1.29 is 33.7 Å². The van der Waals surface area contributed by atoms with E-state index < -0.39 is 48.2 Å². The Kier molecular flexibility index (Phi) is 10.3. The van der Waals surface area contributed by atoms with Gasteiger partial charge in [0.1, 0.15) is 12.2 Å². The molecule has 0 saturated carbocycles. The van der Waals surface area contributed by atoms with Crippen LogP contribution < -0.4 is 5.32 Å². The van der Waals surface area contributed by atoms with Crippen molar-refractivity contribution >= 4 is 18.0 Å². The second-order valence-corrected chi connectivity index (χ2v) is 7.50. The van der Waals surface area contributed by atoms with Gasteiger partial charge in [-0.2, -0.15) is 0 Å². The molecule has 1 rings (SSSR count). The molecule has 0 aromatic heterocycles. The number of carbonyl (C=O) groups is 3. The fourth-order valence-electron chi connectivity index (χ4n) is 2.49.